The summed E-state index contributed by atoms with van der Waals surface area (Å²) in [5, 5.41) is 0. The van der Waals surface area contributed by atoms with Gasteiger partial charge in [0.1, 0.15) is 17.1 Å². The van der Waals surface area contributed by atoms with Crippen LogP contribution in [0.5, 0.6) is 5.75 Å². The highest BCUT2D eigenvalue weighted by Crippen LogP contribution is 2.29. The first-order valence-electron chi connectivity index (χ1n) is 5.77. The number of benzene rings is 2. The molecule has 1 heterocycles. The molecule has 0 saturated carbocycles. The summed E-state index contributed by atoms with van der Waals surface area (Å²) in [6, 6.07) is 10.1. The fraction of sp³-hybridized carbons (Fsp3) is 0.0714. The molecule has 2 aromatic carbocycles. The maximum Gasteiger partial charge on any atom is 0.151 e. The second-order valence-corrected chi connectivity index (χ2v) is 4.17. The number of nitrogens with one attached hydrogen (secondary N) is 1. The molecule has 0 aliphatic rings. The number of methoxy groups -OCH3 is 1. The van der Waals surface area contributed by atoms with E-state index < -0.39 is 0 Å². The lowest BCUT2D eigenvalue weighted by atomic mass is 10.1. The van der Waals surface area contributed by atoms with E-state index in [4.69, 9.17) is 10.5 Å². The van der Waals surface area contributed by atoms with Crippen LogP contribution in [-0.4, -0.2) is 17.1 Å². The molecule has 3 N–H and O–H groups in total. The highest BCUT2D eigenvalue weighted by Gasteiger charge is 2.11. The van der Waals surface area contributed by atoms with Gasteiger partial charge in [-0.25, -0.2) is 9.37 Å². The van der Waals surface area contributed by atoms with E-state index >= 15 is 0 Å². The largest absolute Gasteiger partial charge is 0.497 e. The Morgan fingerprint density at radius 1 is 1.26 bits per heavy atom. The number of imidazole rings is 1. The number of para-hydroxylation sites is 1. The molecule has 0 radical (unpaired) electrons. The van der Waals surface area contributed by atoms with Crippen molar-refractivity contribution in [2.24, 2.45) is 0 Å². The van der Waals surface area contributed by atoms with Crippen LogP contribution in [0.15, 0.2) is 36.4 Å². The van der Waals surface area contributed by atoms with Crippen LogP contribution in [0.2, 0.25) is 0 Å². The number of nitrogens with two attached hydrogens (primary N) is 1. The van der Waals surface area contributed by atoms with E-state index in [0.717, 1.165) is 5.56 Å². The van der Waals surface area contributed by atoms with E-state index in [9.17, 15) is 4.39 Å². The molecular weight excluding hydrogens is 245 g/mol. The van der Waals surface area contributed by atoms with Gasteiger partial charge in [-0.15, -0.1) is 0 Å². The Hall–Kier alpha value is -2.56. The third-order valence-corrected chi connectivity index (χ3v) is 2.98. The van der Waals surface area contributed by atoms with Gasteiger partial charge in [-0.3, -0.25) is 0 Å². The second kappa shape index (κ2) is 4.28. The third kappa shape index (κ3) is 1.89. The van der Waals surface area contributed by atoms with Crippen LogP contribution in [0.1, 0.15) is 0 Å². The van der Waals surface area contributed by atoms with Gasteiger partial charge in [-0.1, -0.05) is 6.07 Å². The van der Waals surface area contributed by atoms with E-state index in [2.05, 4.69) is 9.97 Å². The molecule has 0 aliphatic heterocycles. The molecule has 3 rings (SSSR count). The van der Waals surface area contributed by atoms with Crippen LogP contribution in [0.3, 0.4) is 0 Å². The zero-order valence-corrected chi connectivity index (χ0v) is 10.3. The Kier molecular flexibility index (Phi) is 2.59. The molecule has 0 saturated heterocycles. The van der Waals surface area contributed by atoms with Gasteiger partial charge >= 0.3 is 0 Å². The molecule has 0 bridgehead atoms. The highest BCUT2D eigenvalue weighted by molar-refractivity contribution is 5.83. The zero-order valence-electron chi connectivity index (χ0n) is 10.3. The van der Waals surface area contributed by atoms with Crippen molar-refractivity contribution in [1.82, 2.24) is 9.97 Å². The summed E-state index contributed by atoms with van der Waals surface area (Å²) in [5.41, 5.74) is 8.16. The van der Waals surface area contributed by atoms with Crippen LogP contribution in [0.4, 0.5) is 10.1 Å². The van der Waals surface area contributed by atoms with Gasteiger partial charge in [0.15, 0.2) is 5.82 Å². The number of ether oxygens (including phenoxy) is 1. The maximum atomic E-state index is 13.6. The molecule has 0 fully saturated rings. The van der Waals surface area contributed by atoms with Crippen molar-refractivity contribution in [2.75, 3.05) is 12.8 Å². The minimum atomic E-state index is -0.355. The lowest BCUT2D eigenvalue weighted by Gasteiger charge is -2.05. The van der Waals surface area contributed by atoms with E-state index in [0.29, 0.717) is 28.3 Å². The van der Waals surface area contributed by atoms with Crippen LogP contribution < -0.4 is 10.5 Å². The summed E-state index contributed by atoms with van der Waals surface area (Å²) >= 11 is 0. The lowest BCUT2D eigenvalue weighted by molar-refractivity contribution is 0.415. The minimum Gasteiger partial charge on any atom is -0.497 e. The van der Waals surface area contributed by atoms with Gasteiger partial charge < -0.3 is 15.5 Å². The first-order valence-corrected chi connectivity index (χ1v) is 5.77. The molecule has 1 aromatic heterocycles. The van der Waals surface area contributed by atoms with Crippen LogP contribution in [-0.2, 0) is 0 Å². The molecule has 3 aromatic rings. The summed E-state index contributed by atoms with van der Waals surface area (Å²) in [6.45, 7) is 0. The number of halogens is 1. The number of fused-ring (bicyclic) bond motifs is 1. The quantitative estimate of drug-likeness (QED) is 0.694. The van der Waals surface area contributed by atoms with Gasteiger partial charge in [0.05, 0.1) is 12.6 Å². The Morgan fingerprint density at radius 3 is 2.79 bits per heavy atom. The van der Waals surface area contributed by atoms with Crippen molar-refractivity contribution in [2.45, 2.75) is 0 Å². The summed E-state index contributed by atoms with van der Waals surface area (Å²) in [4.78, 5) is 7.31. The summed E-state index contributed by atoms with van der Waals surface area (Å²) in [6.07, 6.45) is 0. The number of anilines is 1. The average molecular weight is 257 g/mol. The number of H-pyrrole nitrogens is 1. The van der Waals surface area contributed by atoms with E-state index in [1.807, 2.05) is 0 Å². The smallest absolute Gasteiger partial charge is 0.151 e. The van der Waals surface area contributed by atoms with Gasteiger partial charge in [-0.2, -0.15) is 0 Å². The lowest BCUT2D eigenvalue weighted by Crippen LogP contribution is -1.93. The molecular formula is C14H12FN3O. The Labute approximate surface area is 109 Å². The Bertz CT molecular complexity index is 752. The maximum absolute atomic E-state index is 13.6. The monoisotopic (exact) mass is 257 g/mol. The van der Waals surface area contributed by atoms with Crippen molar-refractivity contribution in [3.63, 3.8) is 0 Å². The zero-order chi connectivity index (χ0) is 13.4. The van der Waals surface area contributed by atoms with Crippen LogP contribution >= 0.6 is 0 Å². The topological polar surface area (TPSA) is 63.9 Å². The number of hydrogen-bond donors (Lipinski definition) is 2. The molecule has 96 valence electrons. The molecule has 4 nitrogen and oxygen atoms in total. The molecule has 0 atom stereocenters. The third-order valence-electron chi connectivity index (χ3n) is 2.98. The van der Waals surface area contributed by atoms with Crippen molar-refractivity contribution in [3.8, 4) is 17.1 Å². The first-order chi connectivity index (χ1) is 9.19. The molecule has 0 aliphatic carbocycles. The number of aromatic amines is 1. The van der Waals surface area contributed by atoms with Gasteiger partial charge in [0.2, 0.25) is 0 Å². The van der Waals surface area contributed by atoms with Crippen LogP contribution in [0.25, 0.3) is 22.4 Å². The summed E-state index contributed by atoms with van der Waals surface area (Å²) in [7, 11) is 1.57. The molecule has 19 heavy (non-hydrogen) atoms. The summed E-state index contributed by atoms with van der Waals surface area (Å²) in [5.74, 6) is 0.857. The Balaban J connectivity index is 2.16. The molecule has 0 unspecified atom stereocenters. The Morgan fingerprint density at radius 2 is 2.11 bits per heavy atom. The molecule has 5 heteroatoms. The number of aromatic nitrogens is 2. The number of nitrogen functional groups attached to an aromatic ring is 1. The van der Waals surface area contributed by atoms with Gasteiger partial charge in [0, 0.05) is 17.3 Å². The van der Waals surface area contributed by atoms with Crippen molar-refractivity contribution < 1.29 is 9.13 Å². The number of rotatable bonds is 2. The van der Waals surface area contributed by atoms with E-state index in [1.54, 1.807) is 37.4 Å². The molecule has 0 spiro atoms. The van der Waals surface area contributed by atoms with Gasteiger partial charge in [-0.05, 0) is 24.3 Å². The van der Waals surface area contributed by atoms with E-state index in [1.165, 1.54) is 6.07 Å². The van der Waals surface area contributed by atoms with Crippen molar-refractivity contribution in [3.05, 3.63) is 42.2 Å². The average Bonchev–Trinajstić information content (AvgIpc) is 2.83. The highest BCUT2D eigenvalue weighted by atomic mass is 19.1. The van der Waals surface area contributed by atoms with Crippen molar-refractivity contribution >= 4 is 16.7 Å². The van der Waals surface area contributed by atoms with Crippen LogP contribution in [0, 0.1) is 5.82 Å². The predicted octanol–water partition coefficient (Wildman–Crippen LogP) is 2.96. The minimum absolute atomic E-state index is 0.313. The second-order valence-electron chi connectivity index (χ2n) is 4.17. The number of nitrogens with zero attached hydrogens (tertiary/aromatic N) is 1. The van der Waals surface area contributed by atoms with E-state index in [-0.39, 0.29) is 5.82 Å². The van der Waals surface area contributed by atoms with Gasteiger partial charge in [0.25, 0.3) is 0 Å². The first kappa shape index (κ1) is 11.5. The normalized spacial score (nSPS) is 10.8. The fourth-order valence-corrected chi connectivity index (χ4v) is 2.01. The molecule has 0 amide bonds. The van der Waals surface area contributed by atoms with Crippen molar-refractivity contribution in [1.29, 1.82) is 0 Å². The standard InChI is InChI=1S/C14H12FN3O/c1-19-8-5-6-9(11(16)7-8)14-17-12-4-2-3-10(15)13(12)18-14/h2-7H,16H2,1H3,(H,17,18). The fourth-order valence-electron chi connectivity index (χ4n) is 2.01. The number of hydrogen-bond acceptors (Lipinski definition) is 3. The predicted molar refractivity (Wildman–Crippen MR) is 72.5 cm³/mol. The SMILES string of the molecule is COc1ccc(-c2nc3c(F)cccc3[nH]2)c(N)c1. The summed E-state index contributed by atoms with van der Waals surface area (Å²) < 4.78 is 18.7.